The van der Waals surface area contributed by atoms with Crippen LogP contribution >= 0.6 is 0 Å². The highest BCUT2D eigenvalue weighted by Gasteiger charge is 2.31. The summed E-state index contributed by atoms with van der Waals surface area (Å²) in [7, 11) is -3.22. The largest absolute Gasteiger partial charge is 0.350 e. The molecule has 4 rings (SSSR count). The van der Waals surface area contributed by atoms with Gasteiger partial charge in [0, 0.05) is 31.7 Å². The van der Waals surface area contributed by atoms with Crippen molar-refractivity contribution >= 4 is 21.4 Å². The van der Waals surface area contributed by atoms with Crippen LogP contribution in [0.1, 0.15) is 47.9 Å². The number of pyridine rings is 1. The number of rotatable bonds is 5. The third kappa shape index (κ3) is 3.48. The molecule has 3 heterocycles. The Kier molecular flexibility index (Phi) is 4.48. The summed E-state index contributed by atoms with van der Waals surface area (Å²) in [5, 5.41) is 2.98. The Balaban J connectivity index is 1.65. The van der Waals surface area contributed by atoms with E-state index in [0.717, 1.165) is 24.2 Å². The van der Waals surface area contributed by atoms with Crippen molar-refractivity contribution in [2.75, 3.05) is 25.9 Å². The van der Waals surface area contributed by atoms with Crippen molar-refractivity contribution in [3.63, 3.8) is 0 Å². The molecular weight excluding hydrogens is 352 g/mol. The van der Waals surface area contributed by atoms with Crippen LogP contribution in [0.4, 0.5) is 0 Å². The van der Waals surface area contributed by atoms with E-state index in [0.29, 0.717) is 31.2 Å². The van der Waals surface area contributed by atoms with Crippen LogP contribution in [0.25, 0.3) is 5.52 Å². The highest BCUT2D eigenvalue weighted by atomic mass is 32.2. The van der Waals surface area contributed by atoms with E-state index in [1.807, 2.05) is 28.8 Å². The van der Waals surface area contributed by atoms with Crippen molar-refractivity contribution < 1.29 is 13.2 Å². The summed E-state index contributed by atoms with van der Waals surface area (Å²) in [6.07, 6.45) is 7.16. The van der Waals surface area contributed by atoms with Crippen LogP contribution in [0.5, 0.6) is 0 Å². The first-order chi connectivity index (χ1) is 12.4. The van der Waals surface area contributed by atoms with Crippen LogP contribution in [-0.2, 0) is 10.0 Å². The maximum absolute atomic E-state index is 12.6. The Morgan fingerprint density at radius 3 is 2.85 bits per heavy atom. The minimum absolute atomic E-state index is 0.0154. The van der Waals surface area contributed by atoms with E-state index in [2.05, 4.69) is 10.3 Å². The fourth-order valence-electron chi connectivity index (χ4n) is 3.61. The highest BCUT2D eigenvalue weighted by Crippen LogP contribution is 2.30. The van der Waals surface area contributed by atoms with Gasteiger partial charge in [-0.3, -0.25) is 4.79 Å². The summed E-state index contributed by atoms with van der Waals surface area (Å²) in [5.41, 5.74) is 1.20. The molecule has 0 unspecified atom stereocenters. The van der Waals surface area contributed by atoms with Gasteiger partial charge in [0.15, 0.2) is 5.69 Å². The monoisotopic (exact) mass is 376 g/mol. The van der Waals surface area contributed by atoms with Gasteiger partial charge in [-0.15, -0.1) is 0 Å². The van der Waals surface area contributed by atoms with Gasteiger partial charge in [0.2, 0.25) is 10.0 Å². The summed E-state index contributed by atoms with van der Waals surface area (Å²) >= 11 is 0. The van der Waals surface area contributed by atoms with Crippen molar-refractivity contribution in [2.45, 2.75) is 31.6 Å². The zero-order chi connectivity index (χ0) is 18.3. The smallest absolute Gasteiger partial charge is 0.272 e. The molecule has 0 bridgehead atoms. The second-order valence-electron chi connectivity index (χ2n) is 7.39. The van der Waals surface area contributed by atoms with E-state index in [4.69, 9.17) is 0 Å². The first kappa shape index (κ1) is 17.5. The number of nitrogens with one attached hydrogen (secondary N) is 1. The SMILES string of the molecule is CS(=O)(=O)N1CCC[C@H](c2nc(C(=O)NCC3CC3)c3ccccn23)C1. The third-order valence-corrected chi connectivity index (χ3v) is 6.53. The van der Waals surface area contributed by atoms with E-state index in [1.165, 1.54) is 23.4 Å². The van der Waals surface area contributed by atoms with Crippen LogP contribution in [0.2, 0.25) is 0 Å². The van der Waals surface area contributed by atoms with E-state index in [1.54, 1.807) is 0 Å². The number of carbonyl (C=O) groups is 1. The summed E-state index contributed by atoms with van der Waals surface area (Å²) < 4.78 is 27.3. The molecule has 0 spiro atoms. The lowest BCUT2D eigenvalue weighted by Crippen LogP contribution is -2.38. The number of imidazole rings is 1. The lowest BCUT2D eigenvalue weighted by Gasteiger charge is -2.30. The Morgan fingerprint density at radius 1 is 1.31 bits per heavy atom. The molecule has 1 aliphatic heterocycles. The van der Waals surface area contributed by atoms with Gasteiger partial charge in [0.25, 0.3) is 5.91 Å². The first-order valence-electron chi connectivity index (χ1n) is 9.14. The molecule has 1 saturated heterocycles. The average Bonchev–Trinajstić information content (AvgIpc) is 3.38. The molecule has 2 aromatic rings. The zero-order valence-electron chi connectivity index (χ0n) is 14.9. The van der Waals surface area contributed by atoms with Gasteiger partial charge >= 0.3 is 0 Å². The lowest BCUT2D eigenvalue weighted by atomic mass is 9.99. The van der Waals surface area contributed by atoms with Crippen LogP contribution in [0.15, 0.2) is 24.4 Å². The number of piperidine rings is 1. The fraction of sp³-hybridized carbons (Fsp3) is 0.556. The summed E-state index contributed by atoms with van der Waals surface area (Å²) in [6.45, 7) is 1.66. The number of sulfonamides is 1. The standard InChI is InChI=1S/C18H24N4O3S/c1-26(24,25)21-9-4-5-14(12-21)17-20-16(15-6-2-3-10-22(15)17)18(23)19-11-13-7-8-13/h2-3,6,10,13-14H,4-5,7-9,11-12H2,1H3,(H,19,23)/t14-/m0/s1. The summed E-state index contributed by atoms with van der Waals surface area (Å²) in [5.74, 6) is 1.21. The van der Waals surface area contributed by atoms with Crippen LogP contribution in [0, 0.1) is 5.92 Å². The quantitative estimate of drug-likeness (QED) is 0.859. The van der Waals surface area contributed by atoms with Crippen molar-refractivity contribution in [1.82, 2.24) is 19.0 Å². The predicted octanol–water partition coefficient (Wildman–Crippen LogP) is 1.61. The van der Waals surface area contributed by atoms with Gasteiger partial charge in [-0.05, 0) is 43.7 Å². The molecule has 1 amide bonds. The van der Waals surface area contributed by atoms with Gasteiger partial charge in [0.05, 0.1) is 11.8 Å². The van der Waals surface area contributed by atoms with E-state index >= 15 is 0 Å². The Bertz CT molecular complexity index is 933. The molecule has 1 N–H and O–H groups in total. The third-order valence-electron chi connectivity index (χ3n) is 5.26. The van der Waals surface area contributed by atoms with Gasteiger partial charge in [-0.1, -0.05) is 6.07 Å². The molecule has 1 aliphatic carbocycles. The first-order valence-corrected chi connectivity index (χ1v) is 11.0. The van der Waals surface area contributed by atoms with Gasteiger partial charge in [0.1, 0.15) is 5.82 Å². The van der Waals surface area contributed by atoms with E-state index < -0.39 is 10.0 Å². The molecule has 26 heavy (non-hydrogen) atoms. The molecule has 0 radical (unpaired) electrons. The molecule has 1 saturated carbocycles. The Morgan fingerprint density at radius 2 is 2.12 bits per heavy atom. The summed E-state index contributed by atoms with van der Waals surface area (Å²) in [4.78, 5) is 17.3. The average molecular weight is 376 g/mol. The van der Waals surface area contributed by atoms with Crippen molar-refractivity contribution in [2.24, 2.45) is 5.92 Å². The zero-order valence-corrected chi connectivity index (χ0v) is 15.7. The molecule has 2 fully saturated rings. The van der Waals surface area contributed by atoms with Gasteiger partial charge in [-0.2, -0.15) is 0 Å². The minimum Gasteiger partial charge on any atom is -0.350 e. The van der Waals surface area contributed by atoms with Crippen LogP contribution < -0.4 is 5.32 Å². The minimum atomic E-state index is -3.22. The molecule has 1 atom stereocenters. The molecule has 7 nitrogen and oxygen atoms in total. The van der Waals surface area contributed by atoms with E-state index in [-0.39, 0.29) is 11.8 Å². The van der Waals surface area contributed by atoms with Crippen molar-refractivity contribution in [3.05, 3.63) is 35.9 Å². The number of nitrogens with zero attached hydrogens (tertiary/aromatic N) is 3. The Labute approximate surface area is 153 Å². The highest BCUT2D eigenvalue weighted by molar-refractivity contribution is 7.88. The second kappa shape index (κ2) is 6.66. The topological polar surface area (TPSA) is 83.8 Å². The summed E-state index contributed by atoms with van der Waals surface area (Å²) in [6, 6.07) is 5.68. The number of hydrogen-bond acceptors (Lipinski definition) is 4. The number of aromatic nitrogens is 2. The predicted molar refractivity (Wildman–Crippen MR) is 98.6 cm³/mol. The fourth-order valence-corrected chi connectivity index (χ4v) is 4.53. The molecular formula is C18H24N4O3S. The number of hydrogen-bond donors (Lipinski definition) is 1. The van der Waals surface area contributed by atoms with Gasteiger partial charge < -0.3 is 9.72 Å². The number of carbonyl (C=O) groups excluding carboxylic acids is 1. The lowest BCUT2D eigenvalue weighted by molar-refractivity contribution is 0.0948. The van der Waals surface area contributed by atoms with E-state index in [9.17, 15) is 13.2 Å². The molecule has 2 aliphatic rings. The van der Waals surface area contributed by atoms with Gasteiger partial charge in [-0.25, -0.2) is 17.7 Å². The van der Waals surface area contributed by atoms with Crippen molar-refractivity contribution in [3.8, 4) is 0 Å². The van der Waals surface area contributed by atoms with Crippen LogP contribution in [-0.4, -0.2) is 53.9 Å². The van der Waals surface area contributed by atoms with Crippen molar-refractivity contribution in [1.29, 1.82) is 0 Å². The number of amides is 1. The second-order valence-corrected chi connectivity index (χ2v) is 9.37. The molecule has 140 valence electrons. The molecule has 2 aromatic heterocycles. The molecule has 0 aromatic carbocycles. The number of fused-ring (bicyclic) bond motifs is 1. The molecule has 8 heteroatoms. The maximum Gasteiger partial charge on any atom is 0.272 e. The normalized spacial score (nSPS) is 21.8. The maximum atomic E-state index is 12.6. The Hall–Kier alpha value is -1.93. The van der Waals surface area contributed by atoms with Crippen LogP contribution in [0.3, 0.4) is 0 Å².